The molecule has 0 unspecified atom stereocenters. The Morgan fingerprint density at radius 1 is 0.963 bits per heavy atom. The van der Waals surface area contributed by atoms with Gasteiger partial charge in [-0.1, -0.05) is 45.7 Å². The molecule has 0 fully saturated rings. The van der Waals surface area contributed by atoms with E-state index in [0.29, 0.717) is 10.8 Å². The normalized spacial score (nSPS) is 10.9. The van der Waals surface area contributed by atoms with Crippen molar-refractivity contribution in [1.82, 2.24) is 15.0 Å². The van der Waals surface area contributed by atoms with Gasteiger partial charge in [-0.05, 0) is 42.5 Å². The maximum absolute atomic E-state index is 6.20. The van der Waals surface area contributed by atoms with Gasteiger partial charge in [-0.25, -0.2) is 9.97 Å². The second kappa shape index (κ2) is 8.03. The maximum Gasteiger partial charge on any atom is 0.162 e. The molecule has 4 rings (SSSR count). The van der Waals surface area contributed by atoms with E-state index >= 15 is 0 Å². The minimum absolute atomic E-state index is 0.662. The number of anilines is 1. The van der Waals surface area contributed by atoms with Crippen LogP contribution in [0.15, 0.2) is 71.3 Å². The zero-order valence-electron chi connectivity index (χ0n) is 14.4. The lowest BCUT2D eigenvalue weighted by Gasteiger charge is -2.11. The Morgan fingerprint density at radius 2 is 1.81 bits per heavy atom. The van der Waals surface area contributed by atoms with Crippen LogP contribution in [0, 0.1) is 0 Å². The van der Waals surface area contributed by atoms with Crippen molar-refractivity contribution in [3.05, 3.63) is 82.0 Å². The van der Waals surface area contributed by atoms with E-state index in [2.05, 4.69) is 26.2 Å². The summed E-state index contributed by atoms with van der Waals surface area (Å²) < 4.78 is 1.02. The summed E-state index contributed by atoms with van der Waals surface area (Å²) >= 11 is 9.66. The molecule has 0 radical (unpaired) electrons. The van der Waals surface area contributed by atoms with Gasteiger partial charge in [0, 0.05) is 45.3 Å². The molecular formula is C21H16BrClN4. The SMILES string of the molecule is Clc1ccc2nc(-c3ccc(Br)cc3)nc(NCCc3ccccn3)c2c1. The van der Waals surface area contributed by atoms with Crippen LogP contribution in [0.1, 0.15) is 5.69 Å². The number of hydrogen-bond acceptors (Lipinski definition) is 4. The van der Waals surface area contributed by atoms with Crippen LogP contribution < -0.4 is 5.32 Å². The molecule has 0 saturated carbocycles. The quantitative estimate of drug-likeness (QED) is 0.429. The molecule has 0 amide bonds. The van der Waals surface area contributed by atoms with Gasteiger partial charge in [-0.2, -0.15) is 0 Å². The summed E-state index contributed by atoms with van der Waals surface area (Å²) in [6.07, 6.45) is 2.61. The highest BCUT2D eigenvalue weighted by molar-refractivity contribution is 9.10. The van der Waals surface area contributed by atoms with Gasteiger partial charge in [0.1, 0.15) is 5.82 Å². The van der Waals surface area contributed by atoms with Crippen molar-refractivity contribution in [2.75, 3.05) is 11.9 Å². The van der Waals surface area contributed by atoms with Crippen molar-refractivity contribution >= 4 is 44.3 Å². The highest BCUT2D eigenvalue weighted by atomic mass is 79.9. The lowest BCUT2D eigenvalue weighted by molar-refractivity contribution is 0.955. The molecule has 0 aliphatic heterocycles. The summed E-state index contributed by atoms with van der Waals surface area (Å²) in [7, 11) is 0. The van der Waals surface area contributed by atoms with Gasteiger partial charge >= 0.3 is 0 Å². The molecule has 4 nitrogen and oxygen atoms in total. The summed E-state index contributed by atoms with van der Waals surface area (Å²) in [4.78, 5) is 13.8. The number of nitrogens with one attached hydrogen (secondary N) is 1. The van der Waals surface area contributed by atoms with Crippen LogP contribution in [0.5, 0.6) is 0 Å². The number of nitrogens with zero attached hydrogens (tertiary/aromatic N) is 3. The van der Waals surface area contributed by atoms with Crippen LogP contribution >= 0.6 is 27.5 Å². The Bertz CT molecular complexity index is 1070. The Balaban J connectivity index is 1.68. The number of fused-ring (bicyclic) bond motifs is 1. The summed E-state index contributed by atoms with van der Waals surface area (Å²) in [6.45, 7) is 0.718. The van der Waals surface area contributed by atoms with Crippen molar-refractivity contribution in [3.63, 3.8) is 0 Å². The molecule has 2 aromatic carbocycles. The van der Waals surface area contributed by atoms with Gasteiger partial charge in [0.05, 0.1) is 5.52 Å². The summed E-state index contributed by atoms with van der Waals surface area (Å²) in [5, 5.41) is 5.00. The average molecular weight is 440 g/mol. The van der Waals surface area contributed by atoms with E-state index < -0.39 is 0 Å². The molecule has 0 atom stereocenters. The topological polar surface area (TPSA) is 50.7 Å². The van der Waals surface area contributed by atoms with Crippen molar-refractivity contribution in [3.8, 4) is 11.4 Å². The summed E-state index contributed by atoms with van der Waals surface area (Å²) in [5.41, 5.74) is 2.85. The first-order valence-electron chi connectivity index (χ1n) is 8.56. The molecule has 0 saturated heterocycles. The molecular weight excluding hydrogens is 424 g/mol. The van der Waals surface area contributed by atoms with Gasteiger partial charge < -0.3 is 5.32 Å². The molecule has 0 aliphatic rings. The van der Waals surface area contributed by atoms with Gasteiger partial charge in [-0.3, -0.25) is 4.98 Å². The zero-order valence-corrected chi connectivity index (χ0v) is 16.7. The van der Waals surface area contributed by atoms with E-state index in [1.165, 1.54) is 0 Å². The largest absolute Gasteiger partial charge is 0.369 e. The fourth-order valence-corrected chi connectivity index (χ4v) is 3.25. The van der Waals surface area contributed by atoms with Crippen LogP contribution in [-0.2, 0) is 6.42 Å². The number of rotatable bonds is 5. The minimum atomic E-state index is 0.662. The highest BCUT2D eigenvalue weighted by Gasteiger charge is 2.10. The van der Waals surface area contributed by atoms with Crippen LogP contribution in [0.4, 0.5) is 5.82 Å². The number of pyridine rings is 1. The van der Waals surface area contributed by atoms with E-state index in [-0.39, 0.29) is 0 Å². The maximum atomic E-state index is 6.20. The Labute approximate surface area is 170 Å². The number of benzene rings is 2. The first-order chi connectivity index (χ1) is 13.2. The first kappa shape index (κ1) is 17.9. The molecule has 134 valence electrons. The third-order valence-electron chi connectivity index (χ3n) is 4.16. The number of halogens is 2. The first-order valence-corrected chi connectivity index (χ1v) is 9.73. The predicted molar refractivity (Wildman–Crippen MR) is 114 cm³/mol. The third kappa shape index (κ3) is 4.26. The van der Waals surface area contributed by atoms with Gasteiger partial charge in [0.25, 0.3) is 0 Å². The average Bonchev–Trinajstić information content (AvgIpc) is 2.69. The fraction of sp³-hybridized carbons (Fsp3) is 0.0952. The van der Waals surface area contributed by atoms with Gasteiger partial charge in [0.15, 0.2) is 5.82 Å². The Hall–Kier alpha value is -2.50. The number of hydrogen-bond donors (Lipinski definition) is 1. The molecule has 4 aromatic rings. The standard InChI is InChI=1S/C21H16BrClN4/c22-15-6-4-14(5-7-15)20-26-19-9-8-16(23)13-18(19)21(27-20)25-12-10-17-3-1-2-11-24-17/h1-9,11,13H,10,12H2,(H,25,26,27). The van der Waals surface area contributed by atoms with Crippen LogP contribution in [-0.4, -0.2) is 21.5 Å². The van der Waals surface area contributed by atoms with Crippen molar-refractivity contribution in [1.29, 1.82) is 0 Å². The molecule has 2 heterocycles. The molecule has 2 aromatic heterocycles. The third-order valence-corrected chi connectivity index (χ3v) is 4.92. The Morgan fingerprint density at radius 3 is 2.59 bits per heavy atom. The number of aromatic nitrogens is 3. The van der Waals surface area contributed by atoms with E-state index in [0.717, 1.165) is 45.4 Å². The monoisotopic (exact) mass is 438 g/mol. The van der Waals surface area contributed by atoms with Crippen LogP contribution in [0.2, 0.25) is 5.02 Å². The highest BCUT2D eigenvalue weighted by Crippen LogP contribution is 2.28. The fourth-order valence-electron chi connectivity index (χ4n) is 2.82. The van der Waals surface area contributed by atoms with Crippen molar-refractivity contribution in [2.45, 2.75) is 6.42 Å². The van der Waals surface area contributed by atoms with Crippen molar-refractivity contribution < 1.29 is 0 Å². The smallest absolute Gasteiger partial charge is 0.162 e. The van der Waals surface area contributed by atoms with Crippen molar-refractivity contribution in [2.24, 2.45) is 0 Å². The molecule has 6 heteroatoms. The zero-order chi connectivity index (χ0) is 18.6. The lowest BCUT2D eigenvalue weighted by atomic mass is 10.2. The molecule has 0 spiro atoms. The minimum Gasteiger partial charge on any atom is -0.369 e. The summed E-state index contributed by atoms with van der Waals surface area (Å²) in [6, 6.07) is 19.6. The van der Waals surface area contributed by atoms with E-state index in [1.807, 2.05) is 60.7 Å². The van der Waals surface area contributed by atoms with E-state index in [4.69, 9.17) is 21.6 Å². The van der Waals surface area contributed by atoms with Gasteiger partial charge in [0.2, 0.25) is 0 Å². The van der Waals surface area contributed by atoms with Gasteiger partial charge in [-0.15, -0.1) is 0 Å². The molecule has 27 heavy (non-hydrogen) atoms. The second-order valence-electron chi connectivity index (χ2n) is 6.06. The second-order valence-corrected chi connectivity index (χ2v) is 7.41. The lowest BCUT2D eigenvalue weighted by Crippen LogP contribution is -2.09. The Kier molecular flexibility index (Phi) is 5.32. The molecule has 0 aliphatic carbocycles. The van der Waals surface area contributed by atoms with E-state index in [9.17, 15) is 0 Å². The summed E-state index contributed by atoms with van der Waals surface area (Å²) in [5.74, 6) is 1.45. The molecule has 1 N–H and O–H groups in total. The van der Waals surface area contributed by atoms with E-state index in [1.54, 1.807) is 6.20 Å². The molecule has 0 bridgehead atoms. The van der Waals surface area contributed by atoms with Crippen LogP contribution in [0.25, 0.3) is 22.3 Å². The van der Waals surface area contributed by atoms with Crippen LogP contribution in [0.3, 0.4) is 0 Å². The predicted octanol–water partition coefficient (Wildman–Crippen LogP) is 5.76.